The van der Waals surface area contributed by atoms with Crippen molar-refractivity contribution in [1.82, 2.24) is 0 Å². The van der Waals surface area contributed by atoms with Crippen LogP contribution >= 0.6 is 0 Å². The summed E-state index contributed by atoms with van der Waals surface area (Å²) in [7, 11) is -3.09. The maximum absolute atomic E-state index is 5.77. The highest BCUT2D eigenvalue weighted by molar-refractivity contribution is 6.85. The third kappa shape index (κ3) is 8.39. The van der Waals surface area contributed by atoms with Crippen molar-refractivity contribution >= 4 is 16.6 Å². The lowest BCUT2D eigenvalue weighted by Crippen LogP contribution is -2.40. The van der Waals surface area contributed by atoms with E-state index in [2.05, 4.69) is 19.6 Å². The van der Waals surface area contributed by atoms with E-state index in [1.54, 1.807) is 0 Å². The normalized spacial score (nSPS) is 14.0. The molecule has 0 saturated heterocycles. The Bertz CT molecular complexity index is 76.2. The summed E-state index contributed by atoms with van der Waals surface area (Å²) in [6, 6.07) is 0. The van der Waals surface area contributed by atoms with Crippen LogP contribution in [0.15, 0.2) is 0 Å². The summed E-state index contributed by atoms with van der Waals surface area (Å²) >= 11 is 0. The number of hydrogen-bond donors (Lipinski definition) is 0. The first-order valence-corrected chi connectivity index (χ1v) is 9.59. The molecule has 1 nitrogen and oxygen atoms in total. The van der Waals surface area contributed by atoms with Crippen molar-refractivity contribution < 1.29 is 4.12 Å². The van der Waals surface area contributed by atoms with Crippen molar-refractivity contribution in [3.05, 3.63) is 6.55 Å². The first kappa shape index (κ1) is 9.39. The summed E-state index contributed by atoms with van der Waals surface area (Å²) in [4.78, 5) is 0. The Morgan fingerprint density at radius 1 is 1.00 bits per heavy atom. The van der Waals surface area contributed by atoms with Crippen LogP contribution in [0.5, 0.6) is 0 Å². The van der Waals surface area contributed by atoms with E-state index in [0.717, 1.165) is 0 Å². The second-order valence-corrected chi connectivity index (χ2v) is 12.1. The van der Waals surface area contributed by atoms with Crippen LogP contribution in [-0.2, 0) is 4.12 Å². The molecular weight excluding hydrogens is 144 g/mol. The molecule has 0 heterocycles. The average molecular weight is 160 g/mol. The SMILES string of the molecule is [CH][Si](C)(C)O[Si](C)(C)C. The van der Waals surface area contributed by atoms with Crippen LogP contribution in [0.2, 0.25) is 32.7 Å². The van der Waals surface area contributed by atoms with Gasteiger partial charge in [-0.15, -0.1) is 0 Å². The molecule has 2 radical (unpaired) electrons. The second-order valence-electron chi connectivity index (χ2n) is 3.82. The van der Waals surface area contributed by atoms with E-state index >= 15 is 0 Å². The molecule has 0 unspecified atom stereocenters. The van der Waals surface area contributed by atoms with Crippen molar-refractivity contribution in [2.45, 2.75) is 32.7 Å². The van der Waals surface area contributed by atoms with Crippen LogP contribution in [0.3, 0.4) is 0 Å². The van der Waals surface area contributed by atoms with Gasteiger partial charge in [-0.1, -0.05) is 0 Å². The van der Waals surface area contributed by atoms with Crippen molar-refractivity contribution in [3.63, 3.8) is 0 Å². The van der Waals surface area contributed by atoms with Crippen LogP contribution in [0.4, 0.5) is 0 Å². The van der Waals surface area contributed by atoms with E-state index in [0.29, 0.717) is 0 Å². The molecule has 9 heavy (non-hydrogen) atoms. The maximum atomic E-state index is 5.77. The lowest BCUT2D eigenvalue weighted by molar-refractivity contribution is 0.564. The third-order valence-corrected chi connectivity index (χ3v) is 5.12. The number of hydrogen-bond acceptors (Lipinski definition) is 1. The van der Waals surface area contributed by atoms with Gasteiger partial charge in [-0.3, -0.25) is 0 Å². The first-order valence-electron chi connectivity index (χ1n) is 3.20. The van der Waals surface area contributed by atoms with E-state index in [4.69, 9.17) is 10.7 Å². The van der Waals surface area contributed by atoms with Crippen LogP contribution < -0.4 is 0 Å². The van der Waals surface area contributed by atoms with Gasteiger partial charge in [0.1, 0.15) is 0 Å². The van der Waals surface area contributed by atoms with Crippen molar-refractivity contribution in [3.8, 4) is 0 Å². The summed E-state index contributed by atoms with van der Waals surface area (Å²) in [5, 5.41) is 0. The summed E-state index contributed by atoms with van der Waals surface area (Å²) in [6.07, 6.45) is 0. The van der Waals surface area contributed by atoms with Gasteiger partial charge in [-0.05, 0) is 39.3 Å². The predicted molar refractivity (Wildman–Crippen MR) is 46.2 cm³/mol. The molecule has 3 heteroatoms. The smallest absolute Gasteiger partial charge is 0.176 e. The molecule has 0 bridgehead atoms. The Labute approximate surface area is 60.7 Å². The molecule has 0 saturated carbocycles. The zero-order valence-corrected chi connectivity index (χ0v) is 8.99. The van der Waals surface area contributed by atoms with E-state index in [-0.39, 0.29) is 0 Å². The van der Waals surface area contributed by atoms with Gasteiger partial charge in [0.15, 0.2) is 16.6 Å². The van der Waals surface area contributed by atoms with Crippen LogP contribution in [-0.4, -0.2) is 16.6 Å². The first-order chi connectivity index (χ1) is 3.71. The van der Waals surface area contributed by atoms with Gasteiger partial charge in [0.25, 0.3) is 0 Å². The van der Waals surface area contributed by atoms with Gasteiger partial charge >= 0.3 is 0 Å². The Hall–Kier alpha value is 0.394. The minimum absolute atomic E-state index is 1.36. The molecule has 0 aromatic rings. The monoisotopic (exact) mass is 160 g/mol. The summed E-state index contributed by atoms with van der Waals surface area (Å²) in [5.74, 6) is 0. The van der Waals surface area contributed by atoms with Gasteiger partial charge in [-0.2, -0.15) is 0 Å². The molecule has 0 aromatic carbocycles. The van der Waals surface area contributed by atoms with Gasteiger partial charge in [0, 0.05) is 0 Å². The van der Waals surface area contributed by atoms with Gasteiger partial charge < -0.3 is 4.12 Å². The Kier molecular flexibility index (Phi) is 2.67. The van der Waals surface area contributed by atoms with E-state index in [1.807, 2.05) is 13.1 Å². The summed E-state index contributed by atoms with van der Waals surface area (Å²) in [5.41, 5.74) is 0. The number of rotatable bonds is 2. The van der Waals surface area contributed by atoms with Gasteiger partial charge in [-0.25, -0.2) is 0 Å². The largest absolute Gasteiger partial charge is 0.456 e. The molecule has 0 aliphatic carbocycles. The van der Waals surface area contributed by atoms with Gasteiger partial charge in [0.2, 0.25) is 0 Å². The van der Waals surface area contributed by atoms with Crippen molar-refractivity contribution in [1.29, 1.82) is 0 Å². The Morgan fingerprint density at radius 3 is 1.33 bits per heavy atom. The van der Waals surface area contributed by atoms with E-state index in [9.17, 15) is 0 Å². The van der Waals surface area contributed by atoms with Crippen LogP contribution in [0.25, 0.3) is 0 Å². The summed E-state index contributed by atoms with van der Waals surface area (Å²) < 4.78 is 5.68. The molecule has 0 aliphatic heterocycles. The predicted octanol–water partition coefficient (Wildman–Crippen LogP) is 2.29. The third-order valence-electron chi connectivity index (χ3n) is 0.569. The summed E-state index contributed by atoms with van der Waals surface area (Å²) in [6.45, 7) is 16.3. The van der Waals surface area contributed by atoms with Gasteiger partial charge in [0.05, 0.1) is 0 Å². The average Bonchev–Trinajstić information content (AvgIpc) is 1.14. The fraction of sp³-hybridized carbons (Fsp3) is 0.833. The molecule has 0 spiro atoms. The Balaban J connectivity index is 3.75. The molecule has 0 N–H and O–H groups in total. The zero-order valence-electron chi connectivity index (χ0n) is 6.99. The maximum Gasteiger partial charge on any atom is 0.176 e. The minimum atomic E-state index is -1.73. The highest BCUT2D eigenvalue weighted by Gasteiger charge is 2.24. The standard InChI is InChI=1S/C6H16OSi2/c1-8(2,3)7-9(4,5)6/h1H,2-6H3. The quantitative estimate of drug-likeness (QED) is 0.563. The zero-order chi connectivity index (χ0) is 7.71. The van der Waals surface area contributed by atoms with E-state index in [1.165, 1.54) is 0 Å². The molecule has 0 atom stereocenters. The molecular formula is C6H16OSi2. The fourth-order valence-electron chi connectivity index (χ4n) is 0.789. The lowest BCUT2D eigenvalue weighted by Gasteiger charge is -2.27. The fourth-order valence-corrected chi connectivity index (χ4v) is 7.10. The van der Waals surface area contributed by atoms with Crippen LogP contribution in [0.1, 0.15) is 0 Å². The van der Waals surface area contributed by atoms with Crippen molar-refractivity contribution in [2.24, 2.45) is 0 Å². The Morgan fingerprint density at radius 2 is 1.33 bits per heavy atom. The molecule has 0 aromatic heterocycles. The molecule has 54 valence electrons. The van der Waals surface area contributed by atoms with E-state index < -0.39 is 16.6 Å². The molecule has 0 fully saturated rings. The second kappa shape index (κ2) is 2.56. The highest BCUT2D eigenvalue weighted by atomic mass is 28.4. The molecule has 0 rings (SSSR count). The van der Waals surface area contributed by atoms with Crippen LogP contribution in [0, 0.1) is 6.55 Å². The minimum Gasteiger partial charge on any atom is -0.456 e. The highest BCUT2D eigenvalue weighted by Crippen LogP contribution is 2.11. The molecule has 0 aliphatic rings. The van der Waals surface area contributed by atoms with Crippen molar-refractivity contribution in [2.75, 3.05) is 0 Å². The lowest BCUT2D eigenvalue weighted by atomic mass is 11.8. The molecule has 0 amide bonds. The topological polar surface area (TPSA) is 9.23 Å².